The van der Waals surface area contributed by atoms with Crippen LogP contribution in [-0.4, -0.2) is 36.4 Å². The fourth-order valence-corrected chi connectivity index (χ4v) is 3.22. The highest BCUT2D eigenvalue weighted by molar-refractivity contribution is 5.97. The summed E-state index contributed by atoms with van der Waals surface area (Å²) in [6.45, 7) is 4.60. The predicted octanol–water partition coefficient (Wildman–Crippen LogP) is 2.94. The van der Waals surface area contributed by atoms with Gasteiger partial charge in [0.2, 0.25) is 0 Å². The molecule has 0 N–H and O–H groups in total. The van der Waals surface area contributed by atoms with E-state index in [0.29, 0.717) is 13.0 Å². The van der Waals surface area contributed by atoms with E-state index in [1.54, 1.807) is 13.3 Å². The number of nitrogens with zero attached hydrogens (tertiary/aromatic N) is 1. The van der Waals surface area contributed by atoms with E-state index in [1.165, 1.54) is 13.2 Å². The second-order valence-electron chi connectivity index (χ2n) is 6.56. The van der Waals surface area contributed by atoms with Crippen LogP contribution in [0.2, 0.25) is 0 Å². The quantitative estimate of drug-likeness (QED) is 0.750. The molecule has 0 aromatic heterocycles. The molecule has 1 unspecified atom stereocenters. The third-order valence-electron chi connectivity index (χ3n) is 4.28. The Bertz CT molecular complexity index is 621. The molecule has 0 fully saturated rings. The largest absolute Gasteiger partial charge is 0.497 e. The van der Waals surface area contributed by atoms with E-state index in [4.69, 9.17) is 9.47 Å². The first kappa shape index (κ1) is 18.0. The van der Waals surface area contributed by atoms with Gasteiger partial charge < -0.3 is 14.4 Å². The number of carbonyl (C=O) groups excluding carboxylic acids is 2. The number of ketones is 1. The number of esters is 1. The van der Waals surface area contributed by atoms with Crippen LogP contribution in [0.15, 0.2) is 36.5 Å². The summed E-state index contributed by atoms with van der Waals surface area (Å²) in [5, 5.41) is 0. The molecule has 5 heteroatoms. The number of allylic oxidation sites excluding steroid dienone is 1. The highest BCUT2D eigenvalue weighted by atomic mass is 16.5. The van der Waals surface area contributed by atoms with Crippen molar-refractivity contribution in [3.05, 3.63) is 42.1 Å². The minimum Gasteiger partial charge on any atom is -0.497 e. The van der Waals surface area contributed by atoms with Gasteiger partial charge in [-0.1, -0.05) is 26.0 Å². The molecule has 130 valence electrons. The SMILES string of the molecule is COC(=O)C1(CC(C)C)CC(=O)C=CN1Cc1ccc(OC)cc1. The Morgan fingerprint density at radius 3 is 2.46 bits per heavy atom. The Hall–Kier alpha value is -2.30. The summed E-state index contributed by atoms with van der Waals surface area (Å²) >= 11 is 0. The molecule has 0 saturated carbocycles. The Labute approximate surface area is 143 Å². The molecule has 5 nitrogen and oxygen atoms in total. The minimum atomic E-state index is -0.950. The predicted molar refractivity (Wildman–Crippen MR) is 91.5 cm³/mol. The molecule has 0 spiro atoms. The van der Waals surface area contributed by atoms with E-state index in [9.17, 15) is 9.59 Å². The number of ether oxygens (including phenoxy) is 2. The van der Waals surface area contributed by atoms with Crippen LogP contribution in [-0.2, 0) is 20.9 Å². The smallest absolute Gasteiger partial charge is 0.332 e. The molecule has 1 aliphatic rings. The van der Waals surface area contributed by atoms with Crippen molar-refractivity contribution in [2.75, 3.05) is 14.2 Å². The lowest BCUT2D eigenvalue weighted by molar-refractivity contribution is -0.158. The lowest BCUT2D eigenvalue weighted by atomic mass is 9.80. The summed E-state index contributed by atoms with van der Waals surface area (Å²) in [6.07, 6.45) is 3.96. The maximum absolute atomic E-state index is 12.6. The zero-order valence-corrected chi connectivity index (χ0v) is 14.7. The van der Waals surface area contributed by atoms with Crippen molar-refractivity contribution in [3.8, 4) is 5.75 Å². The van der Waals surface area contributed by atoms with Crippen molar-refractivity contribution in [1.29, 1.82) is 0 Å². The summed E-state index contributed by atoms with van der Waals surface area (Å²) in [4.78, 5) is 26.6. The summed E-state index contributed by atoms with van der Waals surface area (Å²) < 4.78 is 10.2. The monoisotopic (exact) mass is 331 g/mol. The van der Waals surface area contributed by atoms with Crippen LogP contribution in [0.4, 0.5) is 0 Å². The van der Waals surface area contributed by atoms with Crippen LogP contribution in [0.5, 0.6) is 5.75 Å². The van der Waals surface area contributed by atoms with Gasteiger partial charge in [-0.05, 0) is 36.1 Å². The van der Waals surface area contributed by atoms with Crippen molar-refractivity contribution in [2.45, 2.75) is 38.8 Å². The van der Waals surface area contributed by atoms with E-state index < -0.39 is 5.54 Å². The molecule has 1 atom stereocenters. The number of benzene rings is 1. The van der Waals surface area contributed by atoms with E-state index in [2.05, 4.69) is 0 Å². The van der Waals surface area contributed by atoms with Crippen LogP contribution in [0, 0.1) is 5.92 Å². The number of rotatable bonds is 6. The Balaban J connectivity index is 2.35. The Kier molecular flexibility index (Phi) is 5.65. The average Bonchev–Trinajstić information content (AvgIpc) is 2.56. The van der Waals surface area contributed by atoms with Gasteiger partial charge in [-0.25, -0.2) is 4.79 Å². The molecule has 2 rings (SSSR count). The molecule has 1 aromatic rings. The van der Waals surface area contributed by atoms with Crippen molar-refractivity contribution in [3.63, 3.8) is 0 Å². The average molecular weight is 331 g/mol. The van der Waals surface area contributed by atoms with Crippen molar-refractivity contribution in [2.24, 2.45) is 5.92 Å². The number of hydrogen-bond donors (Lipinski definition) is 0. The van der Waals surface area contributed by atoms with Gasteiger partial charge in [0.05, 0.1) is 14.2 Å². The molecule has 0 saturated heterocycles. The summed E-state index contributed by atoms with van der Waals surface area (Å²) in [6, 6.07) is 7.69. The molecular formula is C19H25NO4. The van der Waals surface area contributed by atoms with Gasteiger partial charge in [-0.2, -0.15) is 0 Å². The van der Waals surface area contributed by atoms with Gasteiger partial charge in [0.1, 0.15) is 11.3 Å². The van der Waals surface area contributed by atoms with Gasteiger partial charge >= 0.3 is 5.97 Å². The molecule has 0 bridgehead atoms. The normalized spacial score (nSPS) is 20.4. The van der Waals surface area contributed by atoms with Crippen molar-refractivity contribution < 1.29 is 19.1 Å². The Morgan fingerprint density at radius 1 is 1.25 bits per heavy atom. The first-order valence-electron chi connectivity index (χ1n) is 8.10. The highest BCUT2D eigenvalue weighted by Gasteiger charge is 2.47. The van der Waals surface area contributed by atoms with Gasteiger partial charge in [-0.3, -0.25) is 4.79 Å². The highest BCUT2D eigenvalue weighted by Crippen LogP contribution is 2.34. The van der Waals surface area contributed by atoms with Crippen LogP contribution < -0.4 is 4.74 Å². The molecular weight excluding hydrogens is 306 g/mol. The lowest BCUT2D eigenvalue weighted by Crippen LogP contribution is -2.56. The third-order valence-corrected chi connectivity index (χ3v) is 4.28. The maximum atomic E-state index is 12.6. The van der Waals surface area contributed by atoms with Crippen molar-refractivity contribution >= 4 is 11.8 Å². The Morgan fingerprint density at radius 2 is 1.92 bits per heavy atom. The first-order valence-corrected chi connectivity index (χ1v) is 8.10. The van der Waals surface area contributed by atoms with Crippen LogP contribution >= 0.6 is 0 Å². The lowest BCUT2D eigenvalue weighted by Gasteiger charge is -2.43. The second-order valence-corrected chi connectivity index (χ2v) is 6.56. The summed E-state index contributed by atoms with van der Waals surface area (Å²) in [7, 11) is 3.00. The first-order chi connectivity index (χ1) is 11.4. The standard InChI is InChI=1S/C19H25NO4/c1-14(2)11-19(18(22)24-4)12-16(21)9-10-20(19)13-15-5-7-17(23-3)8-6-15/h5-10,14H,11-13H2,1-4H3. The molecule has 0 aliphatic carbocycles. The molecule has 0 amide bonds. The number of hydrogen-bond acceptors (Lipinski definition) is 5. The van der Waals surface area contributed by atoms with Crippen molar-refractivity contribution in [1.82, 2.24) is 4.90 Å². The van der Waals surface area contributed by atoms with Gasteiger partial charge in [0.25, 0.3) is 0 Å². The van der Waals surface area contributed by atoms with Crippen LogP contribution in [0.1, 0.15) is 32.3 Å². The molecule has 1 aliphatic heterocycles. The third kappa shape index (κ3) is 3.78. The molecule has 1 heterocycles. The van der Waals surface area contributed by atoms with Crippen LogP contribution in [0.25, 0.3) is 0 Å². The number of methoxy groups -OCH3 is 2. The summed E-state index contributed by atoms with van der Waals surface area (Å²) in [5.41, 5.74) is 0.0844. The zero-order valence-electron chi connectivity index (χ0n) is 14.7. The second kappa shape index (κ2) is 7.51. The van der Waals surface area contributed by atoms with Gasteiger partial charge in [-0.15, -0.1) is 0 Å². The van der Waals surface area contributed by atoms with Gasteiger partial charge in [0, 0.05) is 19.2 Å². The zero-order chi connectivity index (χ0) is 17.7. The van der Waals surface area contributed by atoms with Crippen LogP contribution in [0.3, 0.4) is 0 Å². The molecule has 0 radical (unpaired) electrons. The molecule has 1 aromatic carbocycles. The fraction of sp³-hybridized carbons (Fsp3) is 0.474. The van der Waals surface area contributed by atoms with E-state index >= 15 is 0 Å². The molecule has 24 heavy (non-hydrogen) atoms. The topological polar surface area (TPSA) is 55.8 Å². The maximum Gasteiger partial charge on any atom is 0.332 e. The summed E-state index contributed by atoms with van der Waals surface area (Å²) in [5.74, 6) is 0.626. The fourth-order valence-electron chi connectivity index (χ4n) is 3.22. The minimum absolute atomic E-state index is 0.0490. The van der Waals surface area contributed by atoms with E-state index in [-0.39, 0.29) is 24.1 Å². The van der Waals surface area contributed by atoms with Gasteiger partial charge in [0.15, 0.2) is 5.78 Å². The van der Waals surface area contributed by atoms with E-state index in [0.717, 1.165) is 11.3 Å². The number of carbonyl (C=O) groups is 2. The van der Waals surface area contributed by atoms with E-state index in [1.807, 2.05) is 43.0 Å².